The van der Waals surface area contributed by atoms with Crippen LogP contribution in [0.25, 0.3) is 10.9 Å². The summed E-state index contributed by atoms with van der Waals surface area (Å²) in [6, 6.07) is 15.5. The van der Waals surface area contributed by atoms with E-state index >= 15 is 0 Å². The van der Waals surface area contributed by atoms with Crippen molar-refractivity contribution in [2.24, 2.45) is 0 Å². The van der Waals surface area contributed by atoms with E-state index in [9.17, 15) is 18.0 Å². The summed E-state index contributed by atoms with van der Waals surface area (Å²) in [5, 5.41) is 10.5. The van der Waals surface area contributed by atoms with E-state index in [1.54, 1.807) is 54.0 Å². The average molecular weight is 554 g/mol. The van der Waals surface area contributed by atoms with E-state index in [-0.39, 0.29) is 23.1 Å². The van der Waals surface area contributed by atoms with Gasteiger partial charge in [-0.2, -0.15) is 0 Å². The van der Waals surface area contributed by atoms with E-state index in [1.807, 2.05) is 0 Å². The predicted molar refractivity (Wildman–Crippen MR) is 133 cm³/mol. The molecule has 4 aromatic rings. The molecule has 0 saturated heterocycles. The molecule has 1 heterocycles. The Balaban J connectivity index is 1.78. The number of carbonyl (C=O) groups is 1. The summed E-state index contributed by atoms with van der Waals surface area (Å²) in [4.78, 5) is 11.2. The van der Waals surface area contributed by atoms with Crippen molar-refractivity contribution >= 4 is 40.1 Å². The van der Waals surface area contributed by atoms with Crippen LogP contribution in [0.2, 0.25) is 10.0 Å². The van der Waals surface area contributed by atoms with Crippen LogP contribution >= 0.6 is 23.2 Å². The maximum absolute atomic E-state index is 12.9. The van der Waals surface area contributed by atoms with Gasteiger partial charge in [0, 0.05) is 23.0 Å². The van der Waals surface area contributed by atoms with Crippen LogP contribution in [0.4, 0.5) is 13.2 Å². The van der Waals surface area contributed by atoms with Crippen molar-refractivity contribution in [1.82, 2.24) is 4.57 Å². The third-order valence-corrected chi connectivity index (χ3v) is 6.06. The first-order chi connectivity index (χ1) is 17.4. The van der Waals surface area contributed by atoms with Crippen LogP contribution in [0.3, 0.4) is 0 Å². The second kappa shape index (κ2) is 10.4. The fourth-order valence-corrected chi connectivity index (χ4v) is 4.02. The van der Waals surface area contributed by atoms with Gasteiger partial charge >= 0.3 is 12.3 Å². The van der Waals surface area contributed by atoms with Gasteiger partial charge in [-0.05, 0) is 67.9 Å². The summed E-state index contributed by atoms with van der Waals surface area (Å²) in [5.74, 6) is -0.433. The highest BCUT2D eigenvalue weighted by molar-refractivity contribution is 6.32. The van der Waals surface area contributed by atoms with Crippen LogP contribution < -0.4 is 14.2 Å². The van der Waals surface area contributed by atoms with Crippen molar-refractivity contribution in [1.29, 1.82) is 0 Å². The molecule has 0 radical (unpaired) electrons. The first-order valence-electron chi connectivity index (χ1n) is 10.9. The van der Waals surface area contributed by atoms with Crippen molar-refractivity contribution in [3.05, 3.63) is 82.0 Å². The maximum atomic E-state index is 12.9. The predicted octanol–water partition coefficient (Wildman–Crippen LogP) is 7.85. The van der Waals surface area contributed by atoms with Crippen molar-refractivity contribution in [3.63, 3.8) is 0 Å². The van der Waals surface area contributed by atoms with Crippen molar-refractivity contribution in [2.75, 3.05) is 0 Å². The number of halogens is 5. The minimum absolute atomic E-state index is 0.168. The first kappa shape index (κ1) is 26.5. The average Bonchev–Trinajstić information content (AvgIpc) is 3.06. The molecule has 1 aromatic heterocycles. The number of aromatic nitrogens is 1. The summed E-state index contributed by atoms with van der Waals surface area (Å²) in [6.45, 7) is 3.34. The Morgan fingerprint density at radius 2 is 1.70 bits per heavy atom. The number of ether oxygens (including phenoxy) is 3. The molecule has 4 rings (SSSR count). The fourth-order valence-electron chi connectivity index (χ4n) is 3.73. The second-order valence-electron chi connectivity index (χ2n) is 8.15. The van der Waals surface area contributed by atoms with Crippen molar-refractivity contribution in [3.8, 4) is 23.0 Å². The third-order valence-electron chi connectivity index (χ3n) is 5.49. The van der Waals surface area contributed by atoms with E-state index in [1.165, 1.54) is 25.1 Å². The van der Waals surface area contributed by atoms with Gasteiger partial charge in [0.05, 0.1) is 16.2 Å². The molecule has 194 valence electrons. The number of nitrogens with zero attached hydrogens (tertiary/aromatic N) is 1. The molecule has 0 spiro atoms. The minimum Gasteiger partial charge on any atom is -0.479 e. The molecule has 3 aromatic carbocycles. The Morgan fingerprint density at radius 1 is 1.03 bits per heavy atom. The largest absolute Gasteiger partial charge is 0.573 e. The third kappa shape index (κ3) is 6.23. The number of carboxylic acid groups (broad SMARTS) is 1. The van der Waals surface area contributed by atoms with Gasteiger partial charge in [-0.3, -0.25) is 0 Å². The molecular weight excluding hydrogens is 534 g/mol. The lowest BCUT2D eigenvalue weighted by atomic mass is 10.2. The van der Waals surface area contributed by atoms with Gasteiger partial charge in [0.25, 0.3) is 0 Å². The van der Waals surface area contributed by atoms with Crippen LogP contribution in [-0.2, 0) is 11.3 Å². The quantitative estimate of drug-likeness (QED) is 0.240. The number of aliphatic carboxylic acids is 1. The monoisotopic (exact) mass is 553 g/mol. The van der Waals surface area contributed by atoms with Gasteiger partial charge in [-0.15, -0.1) is 13.2 Å². The van der Waals surface area contributed by atoms with E-state index < -0.39 is 18.4 Å². The molecule has 11 heteroatoms. The summed E-state index contributed by atoms with van der Waals surface area (Å²) >= 11 is 12.1. The molecule has 1 N–H and O–H groups in total. The summed E-state index contributed by atoms with van der Waals surface area (Å²) in [7, 11) is 0. The van der Waals surface area contributed by atoms with Crippen molar-refractivity contribution < 1.29 is 37.3 Å². The topological polar surface area (TPSA) is 69.9 Å². The highest BCUT2D eigenvalue weighted by atomic mass is 35.5. The Morgan fingerprint density at radius 3 is 2.35 bits per heavy atom. The Hall–Kier alpha value is -3.56. The number of rotatable bonds is 8. The van der Waals surface area contributed by atoms with E-state index in [2.05, 4.69) is 4.74 Å². The van der Waals surface area contributed by atoms with Crippen LogP contribution in [0.1, 0.15) is 18.2 Å². The standard InChI is InChI=1S/C26H20Cl2F3NO5/c1-14-24(36-18-6-4-17(27)5-7-18)20-9-8-19(37-26(29,30)31)12-22(20)32(14)13-16-3-10-21(28)23(11-16)35-15(2)25(33)34/h3-12,15H,13H2,1-2H3,(H,33,34)/t15-/m1/s1. The molecule has 0 aliphatic carbocycles. The molecule has 37 heavy (non-hydrogen) atoms. The van der Waals surface area contributed by atoms with Crippen LogP contribution in [-0.4, -0.2) is 28.1 Å². The molecule has 0 aliphatic heterocycles. The molecule has 6 nitrogen and oxygen atoms in total. The lowest BCUT2D eigenvalue weighted by molar-refractivity contribution is -0.274. The van der Waals surface area contributed by atoms with Gasteiger partial charge in [-0.1, -0.05) is 29.3 Å². The Kier molecular flexibility index (Phi) is 7.47. The minimum atomic E-state index is -4.86. The zero-order chi connectivity index (χ0) is 26.9. The molecule has 0 bridgehead atoms. The summed E-state index contributed by atoms with van der Waals surface area (Å²) < 4.78 is 56.2. The molecule has 0 unspecified atom stereocenters. The van der Waals surface area contributed by atoms with E-state index in [0.717, 1.165) is 0 Å². The normalized spacial score (nSPS) is 12.4. The zero-order valence-electron chi connectivity index (χ0n) is 19.5. The number of benzene rings is 3. The molecule has 0 fully saturated rings. The van der Waals surface area contributed by atoms with Gasteiger partial charge in [-0.25, -0.2) is 4.79 Å². The van der Waals surface area contributed by atoms with Crippen LogP contribution in [0.5, 0.6) is 23.0 Å². The Bertz CT molecular complexity index is 1450. The number of alkyl halides is 3. The van der Waals surface area contributed by atoms with Crippen LogP contribution in [0, 0.1) is 6.92 Å². The number of hydrogen-bond donors (Lipinski definition) is 1. The fraction of sp³-hybridized carbons (Fsp3) is 0.192. The van der Waals surface area contributed by atoms with E-state index in [4.69, 9.17) is 37.8 Å². The first-order valence-corrected chi connectivity index (χ1v) is 11.7. The van der Waals surface area contributed by atoms with E-state index in [0.29, 0.717) is 38.7 Å². The number of hydrogen-bond acceptors (Lipinski definition) is 4. The van der Waals surface area contributed by atoms with Gasteiger partial charge in [0.15, 0.2) is 11.9 Å². The van der Waals surface area contributed by atoms with Gasteiger partial charge in [0.2, 0.25) is 0 Å². The highest BCUT2D eigenvalue weighted by Gasteiger charge is 2.31. The lowest BCUT2D eigenvalue weighted by Crippen LogP contribution is -2.23. The second-order valence-corrected chi connectivity index (χ2v) is 8.99. The SMILES string of the molecule is Cc1c(Oc2ccc(Cl)cc2)c2ccc(OC(F)(F)F)cc2n1Cc1ccc(Cl)c(O[C@H](C)C(=O)O)c1. The smallest absolute Gasteiger partial charge is 0.479 e. The number of fused-ring (bicyclic) bond motifs is 1. The Labute approximate surface area is 219 Å². The van der Waals surface area contributed by atoms with Crippen molar-refractivity contribution in [2.45, 2.75) is 32.9 Å². The highest BCUT2D eigenvalue weighted by Crippen LogP contribution is 2.39. The van der Waals surface area contributed by atoms with Gasteiger partial charge < -0.3 is 23.9 Å². The summed E-state index contributed by atoms with van der Waals surface area (Å²) in [6.07, 6.45) is -5.99. The number of carboxylic acids is 1. The zero-order valence-corrected chi connectivity index (χ0v) is 21.0. The molecule has 1 atom stereocenters. The maximum Gasteiger partial charge on any atom is 0.573 e. The van der Waals surface area contributed by atoms with Crippen LogP contribution in [0.15, 0.2) is 60.7 Å². The molecule has 0 saturated carbocycles. The summed E-state index contributed by atoms with van der Waals surface area (Å²) in [5.41, 5.74) is 1.72. The molecule has 0 aliphatic rings. The van der Waals surface area contributed by atoms with Gasteiger partial charge in [0.1, 0.15) is 17.2 Å². The molecule has 0 amide bonds. The lowest BCUT2D eigenvalue weighted by Gasteiger charge is -2.15. The molecular formula is C26H20Cl2F3NO5.